The third kappa shape index (κ3) is 8.98. The number of anilines is 1. The second kappa shape index (κ2) is 16.0. The van der Waals surface area contributed by atoms with Gasteiger partial charge in [0, 0.05) is 24.2 Å². The van der Waals surface area contributed by atoms with Crippen molar-refractivity contribution in [3.8, 4) is 0 Å². The van der Waals surface area contributed by atoms with E-state index < -0.39 is 46.1 Å². The van der Waals surface area contributed by atoms with Gasteiger partial charge >= 0.3 is 6.03 Å². The highest BCUT2D eigenvalue weighted by Gasteiger charge is 2.44. The van der Waals surface area contributed by atoms with E-state index in [9.17, 15) is 27.9 Å². The van der Waals surface area contributed by atoms with Gasteiger partial charge in [-0.25, -0.2) is 18.2 Å². The highest BCUT2D eigenvalue weighted by atomic mass is 32.2. The maximum Gasteiger partial charge on any atom is 0.328 e. The second-order valence-corrected chi connectivity index (χ2v) is 15.7. The molecule has 1 aromatic heterocycles. The molecule has 4 amide bonds. The standard InChI is InChI=1S/C34H46N6O6S2/c1-6-30-36-26(21-47-30)18-39-31(42)20-40(34(39)44)32(23(4)5)33(43)37-28(16-24-10-8-7-9-11-24)29(41)19-38(17-22(2)3)48(45,46)27-14-12-25(35)13-15-27/h7-15,21-23,28-29,32,41H,6,16-20,35H2,1-5H3,(H,37,43)/t28-,29+,32-/m0/s1. The van der Waals surface area contributed by atoms with E-state index in [4.69, 9.17) is 5.73 Å². The zero-order chi connectivity index (χ0) is 35.2. The molecule has 2 heterocycles. The summed E-state index contributed by atoms with van der Waals surface area (Å²) in [5.41, 5.74) is 7.63. The van der Waals surface area contributed by atoms with E-state index in [2.05, 4.69) is 10.3 Å². The molecular weight excluding hydrogens is 653 g/mol. The normalized spacial score (nSPS) is 15.9. The molecule has 14 heteroatoms. The van der Waals surface area contributed by atoms with Gasteiger partial charge in [-0.1, -0.05) is 65.0 Å². The molecule has 0 bridgehead atoms. The van der Waals surface area contributed by atoms with Crippen molar-refractivity contribution in [1.29, 1.82) is 0 Å². The summed E-state index contributed by atoms with van der Waals surface area (Å²) in [7, 11) is -4.03. The summed E-state index contributed by atoms with van der Waals surface area (Å²) in [5.74, 6) is -1.42. The van der Waals surface area contributed by atoms with Gasteiger partial charge in [-0.05, 0) is 54.5 Å². The first-order valence-corrected chi connectivity index (χ1v) is 18.5. The van der Waals surface area contributed by atoms with Crippen molar-refractivity contribution < 1.29 is 27.9 Å². The van der Waals surface area contributed by atoms with E-state index >= 15 is 0 Å². The van der Waals surface area contributed by atoms with Crippen molar-refractivity contribution in [2.45, 2.75) is 77.1 Å². The Labute approximate surface area is 287 Å². The van der Waals surface area contributed by atoms with Crippen molar-refractivity contribution in [1.82, 2.24) is 24.4 Å². The van der Waals surface area contributed by atoms with E-state index in [1.165, 1.54) is 44.8 Å². The molecule has 0 unspecified atom stereocenters. The Morgan fingerprint density at radius 1 is 1.06 bits per heavy atom. The molecule has 1 fully saturated rings. The Bertz CT molecular complexity index is 1660. The lowest BCUT2D eigenvalue weighted by atomic mass is 9.97. The van der Waals surface area contributed by atoms with Crippen LogP contribution < -0.4 is 11.1 Å². The second-order valence-electron chi connectivity index (χ2n) is 12.8. The van der Waals surface area contributed by atoms with Gasteiger partial charge in [0.2, 0.25) is 15.9 Å². The maximum absolute atomic E-state index is 14.0. The van der Waals surface area contributed by atoms with Crippen LogP contribution in [0.4, 0.5) is 10.5 Å². The Balaban J connectivity index is 1.58. The van der Waals surface area contributed by atoms with Gasteiger partial charge in [0.25, 0.3) is 5.91 Å². The summed E-state index contributed by atoms with van der Waals surface area (Å²) in [4.78, 5) is 47.5. The fraction of sp³-hybridized carbons (Fsp3) is 0.471. The van der Waals surface area contributed by atoms with Crippen LogP contribution in [0.2, 0.25) is 0 Å². The number of amides is 4. The Morgan fingerprint density at radius 3 is 2.31 bits per heavy atom. The van der Waals surface area contributed by atoms with Gasteiger partial charge in [-0.3, -0.25) is 14.5 Å². The molecule has 3 aromatic rings. The molecule has 3 atom stereocenters. The third-order valence-electron chi connectivity index (χ3n) is 8.11. The molecule has 48 heavy (non-hydrogen) atoms. The topological polar surface area (TPSA) is 166 Å². The van der Waals surface area contributed by atoms with Gasteiger partial charge in [0.05, 0.1) is 34.3 Å². The lowest BCUT2D eigenvalue weighted by molar-refractivity contribution is -0.129. The van der Waals surface area contributed by atoms with E-state index in [1.54, 1.807) is 13.8 Å². The number of benzene rings is 2. The number of thiazole rings is 1. The number of aliphatic hydroxyl groups is 1. The van der Waals surface area contributed by atoms with Crippen molar-refractivity contribution in [3.05, 3.63) is 76.2 Å². The number of hydrogen-bond acceptors (Lipinski definition) is 9. The number of nitrogens with zero attached hydrogens (tertiary/aromatic N) is 4. The Kier molecular flexibility index (Phi) is 12.4. The van der Waals surface area contributed by atoms with Gasteiger partial charge < -0.3 is 21.1 Å². The van der Waals surface area contributed by atoms with Crippen molar-refractivity contribution in [3.63, 3.8) is 0 Å². The van der Waals surface area contributed by atoms with Crippen molar-refractivity contribution in [2.24, 2.45) is 11.8 Å². The SMILES string of the molecule is CCc1nc(CN2C(=O)CN([C@H](C(=O)N[C@@H](Cc3ccccc3)[C@H](O)CN(CC(C)C)S(=O)(=O)c3ccc(N)cc3)C(C)C)C2=O)cs1. The predicted molar refractivity (Wildman–Crippen MR) is 185 cm³/mol. The average molecular weight is 699 g/mol. The van der Waals surface area contributed by atoms with Crippen molar-refractivity contribution >= 4 is 44.9 Å². The number of nitrogens with one attached hydrogen (secondary N) is 1. The molecule has 1 aliphatic heterocycles. The minimum Gasteiger partial charge on any atom is -0.399 e. The fourth-order valence-electron chi connectivity index (χ4n) is 5.71. The fourth-order valence-corrected chi connectivity index (χ4v) is 8.06. The summed E-state index contributed by atoms with van der Waals surface area (Å²) in [5, 5.41) is 17.3. The summed E-state index contributed by atoms with van der Waals surface area (Å²) in [6.07, 6.45) is -0.389. The van der Waals surface area contributed by atoms with Gasteiger partial charge in [-0.15, -0.1) is 11.3 Å². The number of urea groups is 1. The molecule has 2 aromatic carbocycles. The van der Waals surface area contributed by atoms with Crippen molar-refractivity contribution in [2.75, 3.05) is 25.4 Å². The number of aromatic nitrogens is 1. The van der Waals surface area contributed by atoms with E-state index in [0.717, 1.165) is 21.9 Å². The van der Waals surface area contributed by atoms with Gasteiger partial charge in [0.15, 0.2) is 0 Å². The van der Waals surface area contributed by atoms with Crippen LogP contribution in [0.3, 0.4) is 0 Å². The number of imide groups is 1. The molecule has 0 radical (unpaired) electrons. The quantitative estimate of drug-likeness (QED) is 0.151. The molecule has 4 N–H and O–H groups in total. The van der Waals surface area contributed by atoms with Crippen LogP contribution in [0.15, 0.2) is 64.9 Å². The smallest absolute Gasteiger partial charge is 0.328 e. The number of rotatable bonds is 16. The zero-order valence-corrected chi connectivity index (χ0v) is 29.7. The van der Waals surface area contributed by atoms with Gasteiger partial charge in [-0.2, -0.15) is 4.31 Å². The molecule has 0 saturated carbocycles. The van der Waals surface area contributed by atoms with Crippen LogP contribution in [-0.2, 0) is 39.0 Å². The molecule has 0 aliphatic carbocycles. The highest BCUT2D eigenvalue weighted by Crippen LogP contribution is 2.24. The number of aryl methyl sites for hydroxylation is 1. The predicted octanol–water partition coefficient (Wildman–Crippen LogP) is 3.51. The summed E-state index contributed by atoms with van der Waals surface area (Å²) >= 11 is 1.46. The largest absolute Gasteiger partial charge is 0.399 e. The molecule has 0 spiro atoms. The van der Waals surface area contributed by atoms with E-state index in [-0.39, 0.29) is 49.3 Å². The minimum atomic E-state index is -4.03. The highest BCUT2D eigenvalue weighted by molar-refractivity contribution is 7.89. The lowest BCUT2D eigenvalue weighted by Crippen LogP contribution is -2.57. The number of aliphatic hydroxyl groups excluding tert-OH is 1. The van der Waals surface area contributed by atoms with E-state index in [0.29, 0.717) is 11.4 Å². The number of carbonyl (C=O) groups is 3. The molecule has 1 saturated heterocycles. The molecule has 260 valence electrons. The summed E-state index contributed by atoms with van der Waals surface area (Å²) in [6.45, 7) is 8.88. The first-order chi connectivity index (χ1) is 22.7. The van der Waals surface area contributed by atoms with Crippen LogP contribution in [0.25, 0.3) is 0 Å². The number of nitrogen functional groups attached to an aromatic ring is 1. The first-order valence-electron chi connectivity index (χ1n) is 16.1. The summed E-state index contributed by atoms with van der Waals surface area (Å²) < 4.78 is 28.7. The number of sulfonamides is 1. The molecule has 1 aliphatic rings. The van der Waals surface area contributed by atoms with Crippen LogP contribution in [0.5, 0.6) is 0 Å². The maximum atomic E-state index is 14.0. The van der Waals surface area contributed by atoms with Crippen LogP contribution in [-0.4, -0.2) is 88.3 Å². The average Bonchev–Trinajstić information content (AvgIpc) is 3.60. The van der Waals surface area contributed by atoms with Crippen LogP contribution in [0, 0.1) is 11.8 Å². The molecule has 4 rings (SSSR count). The van der Waals surface area contributed by atoms with E-state index in [1.807, 2.05) is 56.5 Å². The lowest BCUT2D eigenvalue weighted by Gasteiger charge is -2.34. The van der Waals surface area contributed by atoms with Crippen LogP contribution >= 0.6 is 11.3 Å². The Hall–Kier alpha value is -3.85. The molecule has 12 nitrogen and oxygen atoms in total. The summed E-state index contributed by atoms with van der Waals surface area (Å²) in [6, 6.07) is 12.6. The molecular formula is C34H46N6O6S2. The minimum absolute atomic E-state index is 0.0145. The van der Waals surface area contributed by atoms with Gasteiger partial charge in [0.1, 0.15) is 12.6 Å². The first kappa shape index (κ1) is 37.0. The third-order valence-corrected chi connectivity index (χ3v) is 11.0. The monoisotopic (exact) mass is 698 g/mol. The zero-order valence-electron chi connectivity index (χ0n) is 28.1. The van der Waals surface area contributed by atoms with Crippen LogP contribution in [0.1, 0.15) is 50.9 Å². The number of hydrogen-bond donors (Lipinski definition) is 3. The number of nitrogens with two attached hydrogens (primary N) is 1. The Morgan fingerprint density at radius 2 is 1.73 bits per heavy atom. The number of carbonyl (C=O) groups excluding carboxylic acids is 3.